The third-order valence-corrected chi connectivity index (χ3v) is 3.44. The number of hydrogen-bond donors (Lipinski definition) is 3. The van der Waals surface area contributed by atoms with E-state index in [1.165, 1.54) is 13.3 Å². The normalized spacial score (nSPS) is 10.5. The maximum Gasteiger partial charge on any atom is 0.259 e. The second-order valence-corrected chi connectivity index (χ2v) is 5.19. The molecule has 7 heteroatoms. The number of aryl methyl sites for hydroxylation is 1. The number of nitrogens with one attached hydrogen (secondary N) is 2. The van der Waals surface area contributed by atoms with Gasteiger partial charge in [-0.15, -0.1) is 0 Å². The van der Waals surface area contributed by atoms with Crippen molar-refractivity contribution < 1.29 is 19.4 Å². The molecule has 0 aliphatic carbocycles. The topological polar surface area (TPSA) is 100 Å². The Morgan fingerprint density at radius 1 is 1.20 bits per heavy atom. The summed E-state index contributed by atoms with van der Waals surface area (Å²) in [7, 11) is 1.44. The van der Waals surface area contributed by atoms with Gasteiger partial charge in [0.2, 0.25) is 0 Å². The molecule has 0 fully saturated rings. The van der Waals surface area contributed by atoms with E-state index >= 15 is 0 Å². The zero-order valence-electron chi connectivity index (χ0n) is 13.9. The van der Waals surface area contributed by atoms with Gasteiger partial charge in [0.15, 0.2) is 11.5 Å². The first-order valence-electron chi connectivity index (χ1n) is 7.54. The quantitative estimate of drug-likeness (QED) is 0.549. The number of amides is 2. The summed E-state index contributed by atoms with van der Waals surface area (Å²) >= 11 is 0. The number of benzene rings is 2. The molecule has 0 saturated heterocycles. The molecule has 0 spiro atoms. The van der Waals surface area contributed by atoms with Crippen molar-refractivity contribution in [2.45, 2.75) is 6.92 Å². The summed E-state index contributed by atoms with van der Waals surface area (Å²) in [5, 5.41) is 16.2. The van der Waals surface area contributed by atoms with Crippen molar-refractivity contribution in [1.82, 2.24) is 10.7 Å². The SMILES string of the molecule is COc1cccc(/C=N/NC(=O)CNC(=O)c2ccccc2C)c1O. The van der Waals surface area contributed by atoms with Gasteiger partial charge >= 0.3 is 0 Å². The van der Waals surface area contributed by atoms with Gasteiger partial charge in [0.25, 0.3) is 11.8 Å². The highest BCUT2D eigenvalue weighted by molar-refractivity contribution is 5.97. The smallest absolute Gasteiger partial charge is 0.259 e. The van der Waals surface area contributed by atoms with E-state index in [1.54, 1.807) is 30.3 Å². The number of phenolic OH excluding ortho intramolecular Hbond substituents is 1. The van der Waals surface area contributed by atoms with Crippen molar-refractivity contribution in [3.8, 4) is 11.5 Å². The number of para-hydroxylation sites is 1. The molecule has 25 heavy (non-hydrogen) atoms. The number of hydrazone groups is 1. The van der Waals surface area contributed by atoms with Crippen LogP contribution >= 0.6 is 0 Å². The number of phenols is 1. The van der Waals surface area contributed by atoms with Crippen LogP contribution in [0.4, 0.5) is 0 Å². The van der Waals surface area contributed by atoms with Crippen molar-refractivity contribution in [3.63, 3.8) is 0 Å². The zero-order chi connectivity index (χ0) is 18.2. The van der Waals surface area contributed by atoms with Gasteiger partial charge in [0.05, 0.1) is 19.9 Å². The Hall–Kier alpha value is -3.35. The molecule has 7 nitrogen and oxygen atoms in total. The highest BCUT2D eigenvalue weighted by atomic mass is 16.5. The molecule has 0 aromatic heterocycles. The first-order chi connectivity index (χ1) is 12.0. The Morgan fingerprint density at radius 2 is 1.96 bits per heavy atom. The fourth-order valence-electron chi connectivity index (χ4n) is 2.10. The summed E-state index contributed by atoms with van der Waals surface area (Å²) in [4.78, 5) is 23.7. The molecule has 0 aliphatic heterocycles. The molecule has 130 valence electrons. The number of nitrogens with zero attached hydrogens (tertiary/aromatic N) is 1. The van der Waals surface area contributed by atoms with Gasteiger partial charge in [0.1, 0.15) is 0 Å². The number of carbonyl (C=O) groups is 2. The second-order valence-electron chi connectivity index (χ2n) is 5.19. The first-order valence-corrected chi connectivity index (χ1v) is 7.54. The summed E-state index contributed by atoms with van der Waals surface area (Å²) in [6.07, 6.45) is 1.29. The van der Waals surface area contributed by atoms with Crippen LogP contribution < -0.4 is 15.5 Å². The fraction of sp³-hybridized carbons (Fsp3) is 0.167. The Labute approximate surface area is 145 Å². The van der Waals surface area contributed by atoms with Crippen LogP contribution in [0.5, 0.6) is 11.5 Å². The number of carbonyl (C=O) groups excluding carboxylic acids is 2. The Bertz CT molecular complexity index is 803. The molecule has 0 bridgehead atoms. The molecular weight excluding hydrogens is 322 g/mol. The van der Waals surface area contributed by atoms with Gasteiger partial charge in [-0.2, -0.15) is 5.10 Å². The number of ether oxygens (including phenoxy) is 1. The molecule has 0 heterocycles. The van der Waals surface area contributed by atoms with E-state index in [9.17, 15) is 14.7 Å². The van der Waals surface area contributed by atoms with Gasteiger partial charge in [-0.05, 0) is 30.7 Å². The highest BCUT2D eigenvalue weighted by Crippen LogP contribution is 2.27. The van der Waals surface area contributed by atoms with Crippen LogP contribution in [-0.2, 0) is 4.79 Å². The van der Waals surface area contributed by atoms with E-state index in [2.05, 4.69) is 15.8 Å². The van der Waals surface area contributed by atoms with Crippen LogP contribution in [0.2, 0.25) is 0 Å². The van der Waals surface area contributed by atoms with E-state index in [-0.39, 0.29) is 18.2 Å². The largest absolute Gasteiger partial charge is 0.504 e. The lowest BCUT2D eigenvalue weighted by atomic mass is 10.1. The summed E-state index contributed by atoms with van der Waals surface area (Å²) in [6, 6.07) is 12.0. The van der Waals surface area contributed by atoms with Crippen molar-refractivity contribution in [2.24, 2.45) is 5.10 Å². The van der Waals surface area contributed by atoms with Gasteiger partial charge in [-0.1, -0.05) is 24.3 Å². The van der Waals surface area contributed by atoms with Crippen LogP contribution in [-0.4, -0.2) is 36.8 Å². The summed E-state index contributed by atoms with van der Waals surface area (Å²) < 4.78 is 4.98. The average molecular weight is 341 g/mol. The Morgan fingerprint density at radius 3 is 2.68 bits per heavy atom. The predicted octanol–water partition coefficient (Wildman–Crippen LogP) is 1.59. The summed E-state index contributed by atoms with van der Waals surface area (Å²) in [5.74, 6) is -0.583. The average Bonchev–Trinajstić information content (AvgIpc) is 2.61. The van der Waals surface area contributed by atoms with E-state index in [1.807, 2.05) is 19.1 Å². The lowest BCUT2D eigenvalue weighted by Crippen LogP contribution is -2.35. The molecule has 3 N–H and O–H groups in total. The predicted molar refractivity (Wildman–Crippen MR) is 93.9 cm³/mol. The van der Waals surface area contributed by atoms with Crippen LogP contribution in [0.15, 0.2) is 47.6 Å². The maximum absolute atomic E-state index is 12.0. The molecule has 0 saturated carbocycles. The molecular formula is C18H19N3O4. The van der Waals surface area contributed by atoms with E-state index < -0.39 is 5.91 Å². The number of rotatable bonds is 6. The van der Waals surface area contributed by atoms with Gasteiger partial charge in [-0.25, -0.2) is 5.43 Å². The molecule has 0 aliphatic rings. The Kier molecular flexibility index (Phi) is 6.11. The van der Waals surface area contributed by atoms with E-state index in [0.717, 1.165) is 5.56 Å². The molecule has 0 atom stereocenters. The maximum atomic E-state index is 12.0. The summed E-state index contributed by atoms with van der Waals surface area (Å²) in [6.45, 7) is 1.61. The third-order valence-electron chi connectivity index (χ3n) is 3.44. The van der Waals surface area contributed by atoms with Crippen LogP contribution in [0.3, 0.4) is 0 Å². The molecule has 0 unspecified atom stereocenters. The lowest BCUT2D eigenvalue weighted by Gasteiger charge is -2.07. The summed E-state index contributed by atoms with van der Waals surface area (Å²) in [5.41, 5.74) is 4.01. The van der Waals surface area contributed by atoms with Crippen molar-refractivity contribution in [2.75, 3.05) is 13.7 Å². The molecule has 2 aromatic rings. The van der Waals surface area contributed by atoms with Crippen molar-refractivity contribution in [3.05, 3.63) is 59.2 Å². The lowest BCUT2D eigenvalue weighted by molar-refractivity contribution is -0.120. The van der Waals surface area contributed by atoms with Crippen molar-refractivity contribution in [1.29, 1.82) is 0 Å². The highest BCUT2D eigenvalue weighted by Gasteiger charge is 2.09. The van der Waals surface area contributed by atoms with Crippen LogP contribution in [0.25, 0.3) is 0 Å². The number of aromatic hydroxyl groups is 1. The molecule has 2 amide bonds. The Balaban J connectivity index is 1.87. The zero-order valence-corrected chi connectivity index (χ0v) is 13.9. The molecule has 2 rings (SSSR count). The van der Waals surface area contributed by atoms with Crippen LogP contribution in [0.1, 0.15) is 21.5 Å². The minimum atomic E-state index is -0.486. The van der Waals surface area contributed by atoms with Gasteiger partial charge < -0.3 is 15.2 Å². The van der Waals surface area contributed by atoms with E-state index in [0.29, 0.717) is 16.9 Å². The molecule has 0 radical (unpaired) electrons. The first kappa shape index (κ1) is 18.0. The minimum Gasteiger partial charge on any atom is -0.504 e. The van der Waals surface area contributed by atoms with Crippen LogP contribution in [0, 0.1) is 6.92 Å². The van der Waals surface area contributed by atoms with Gasteiger partial charge in [-0.3, -0.25) is 9.59 Å². The van der Waals surface area contributed by atoms with E-state index in [4.69, 9.17) is 4.74 Å². The number of methoxy groups -OCH3 is 1. The second kappa shape index (κ2) is 8.49. The molecule has 2 aromatic carbocycles. The monoisotopic (exact) mass is 341 g/mol. The minimum absolute atomic E-state index is 0.0733. The van der Waals surface area contributed by atoms with Crippen molar-refractivity contribution >= 4 is 18.0 Å². The third kappa shape index (κ3) is 4.81. The fourth-order valence-corrected chi connectivity index (χ4v) is 2.10. The van der Waals surface area contributed by atoms with Gasteiger partial charge in [0, 0.05) is 11.1 Å². The standard InChI is InChI=1S/C18H19N3O4/c1-12-6-3-4-8-14(12)18(24)19-11-16(22)21-20-10-13-7-5-9-15(25-2)17(13)23/h3-10,23H,11H2,1-2H3,(H,19,24)(H,21,22)/b20-10+. The number of hydrogen-bond acceptors (Lipinski definition) is 5.